The highest BCUT2D eigenvalue weighted by atomic mass is 16.7. The van der Waals surface area contributed by atoms with Crippen LogP contribution >= 0.6 is 0 Å². The molecule has 1 saturated heterocycles. The number of nitrogens with zero attached hydrogens (tertiary/aromatic N) is 3. The summed E-state index contributed by atoms with van der Waals surface area (Å²) in [7, 11) is 0. The summed E-state index contributed by atoms with van der Waals surface area (Å²) >= 11 is 0. The van der Waals surface area contributed by atoms with Gasteiger partial charge in [0.25, 0.3) is 0 Å². The lowest BCUT2D eigenvalue weighted by atomic mass is 9.87. The zero-order valence-corrected chi connectivity index (χ0v) is 33.1. The van der Waals surface area contributed by atoms with Crippen molar-refractivity contribution in [3.8, 4) is 0 Å². The third-order valence-corrected chi connectivity index (χ3v) is 11.1. The van der Waals surface area contributed by atoms with E-state index >= 15 is 0 Å². The van der Waals surface area contributed by atoms with Crippen molar-refractivity contribution in [1.29, 1.82) is 0 Å². The van der Waals surface area contributed by atoms with Crippen molar-refractivity contribution in [1.82, 2.24) is 9.97 Å². The van der Waals surface area contributed by atoms with Crippen molar-refractivity contribution < 1.29 is 33.0 Å². The van der Waals surface area contributed by atoms with Crippen molar-refractivity contribution in [3.05, 3.63) is 178 Å². The third kappa shape index (κ3) is 8.34. The average molecular weight is 775 g/mol. The quantitative estimate of drug-likeness (QED) is 0.0613. The largest absolute Gasteiger partial charge is 0.462 e. The number of ether oxygens (including phenoxy) is 4. The summed E-state index contributed by atoms with van der Waals surface area (Å²) in [5.74, 6) is -1.81. The molecule has 9 nitrogen and oxygen atoms in total. The summed E-state index contributed by atoms with van der Waals surface area (Å²) in [5.41, 5.74) is 8.50. The summed E-state index contributed by atoms with van der Waals surface area (Å²) in [6.07, 6.45) is 6.50. The molecule has 8 rings (SSSR count). The molecular weight excluding hydrogens is 727 g/mol. The second-order valence-corrected chi connectivity index (χ2v) is 14.9. The molecular formula is C49H48N3O6+. The number of piperidine rings is 1. The van der Waals surface area contributed by atoms with E-state index in [1.807, 2.05) is 111 Å². The Bertz CT molecular complexity index is 2380. The number of benzene rings is 4. The van der Waals surface area contributed by atoms with Gasteiger partial charge in [-0.3, -0.25) is 14.5 Å². The summed E-state index contributed by atoms with van der Waals surface area (Å²) in [5, 5.41) is 2.13. The van der Waals surface area contributed by atoms with Crippen molar-refractivity contribution in [3.63, 3.8) is 0 Å². The van der Waals surface area contributed by atoms with Gasteiger partial charge in [-0.2, -0.15) is 0 Å². The first-order valence-electron chi connectivity index (χ1n) is 20.1. The molecule has 0 amide bonds. The standard InChI is InChI=1S/C49H48N3O6/c1-3-55-47(53)42-19-9-5-16-38(42)31-52(32-39-17-6-10-20-43(39)48(54)56-4-2)29-13-18-37-30-49(28-27-46(37)52,57-33-40-25-23-35-14-7-11-21-44(35)50-40)58-34-41-26-24-36-15-8-12-22-45(36)51-41/h5-12,14-17,19-27,30H,3-4,13,18,28-29,31-34H2,1-2H3/q+1. The van der Waals surface area contributed by atoms with E-state index in [4.69, 9.17) is 28.9 Å². The predicted molar refractivity (Wildman–Crippen MR) is 223 cm³/mol. The molecule has 0 radical (unpaired) electrons. The summed E-state index contributed by atoms with van der Waals surface area (Å²) in [6.45, 7) is 6.47. The van der Waals surface area contributed by atoms with Gasteiger partial charge in [0.1, 0.15) is 18.8 Å². The molecule has 1 fully saturated rings. The molecule has 0 bridgehead atoms. The smallest absolute Gasteiger partial charge is 0.338 e. The van der Waals surface area contributed by atoms with Crippen LogP contribution < -0.4 is 0 Å². The summed E-state index contributed by atoms with van der Waals surface area (Å²) in [6, 6.07) is 39.6. The maximum Gasteiger partial charge on any atom is 0.338 e. The van der Waals surface area contributed by atoms with Gasteiger partial charge in [-0.25, -0.2) is 9.59 Å². The minimum absolute atomic E-state index is 0.239. The topological polar surface area (TPSA) is 96.8 Å². The number of para-hydroxylation sites is 2. The highest BCUT2D eigenvalue weighted by Crippen LogP contribution is 2.44. The van der Waals surface area contributed by atoms with Crippen LogP contribution in [0.1, 0.15) is 76.3 Å². The van der Waals surface area contributed by atoms with E-state index in [0.717, 1.165) is 75.0 Å². The molecule has 294 valence electrons. The number of likely N-dealkylation sites (tertiary alicyclic amines) is 1. The molecule has 0 atom stereocenters. The van der Waals surface area contributed by atoms with Crippen molar-refractivity contribution >= 4 is 33.7 Å². The first kappa shape index (κ1) is 38.9. The van der Waals surface area contributed by atoms with Crippen LogP contribution in [0.15, 0.2) is 145 Å². The molecule has 0 unspecified atom stereocenters. The lowest BCUT2D eigenvalue weighted by Gasteiger charge is -2.47. The Morgan fingerprint density at radius 3 is 1.67 bits per heavy atom. The number of carbonyl (C=O) groups excluding carboxylic acids is 2. The summed E-state index contributed by atoms with van der Waals surface area (Å²) < 4.78 is 25.2. The fourth-order valence-corrected chi connectivity index (χ4v) is 8.34. The van der Waals surface area contributed by atoms with Crippen molar-refractivity contribution in [2.45, 2.75) is 65.2 Å². The third-order valence-electron chi connectivity index (χ3n) is 11.1. The number of esters is 2. The number of carbonyl (C=O) groups is 2. The SMILES string of the molecule is CCOC(=O)c1ccccc1C[N+]1(Cc2ccccc2C(=O)OCC)CCCC2=CC(OCc3ccc4ccccc4n3)(OCc3ccc4ccccc4n3)CC=C21. The lowest BCUT2D eigenvalue weighted by Crippen LogP contribution is -2.51. The normalized spacial score (nSPS) is 15.6. The Hall–Kier alpha value is -6.00. The molecule has 58 heavy (non-hydrogen) atoms. The van der Waals surface area contributed by atoms with Gasteiger partial charge < -0.3 is 18.9 Å². The van der Waals surface area contributed by atoms with Gasteiger partial charge in [0.15, 0.2) is 5.79 Å². The number of quaternary nitrogens is 1. The molecule has 0 saturated carbocycles. The molecule has 2 aromatic heterocycles. The van der Waals surface area contributed by atoms with E-state index in [1.165, 1.54) is 0 Å². The van der Waals surface area contributed by atoms with Crippen LogP contribution in [-0.4, -0.2) is 51.9 Å². The maximum absolute atomic E-state index is 13.3. The Morgan fingerprint density at radius 2 is 1.14 bits per heavy atom. The van der Waals surface area contributed by atoms with Crippen LogP contribution in [0, 0.1) is 0 Å². The average Bonchev–Trinajstić information content (AvgIpc) is 3.25. The zero-order chi connectivity index (χ0) is 40.0. The van der Waals surface area contributed by atoms with Gasteiger partial charge in [-0.05, 0) is 68.8 Å². The van der Waals surface area contributed by atoms with Crippen molar-refractivity contribution in [2.24, 2.45) is 0 Å². The van der Waals surface area contributed by atoms with E-state index in [1.54, 1.807) is 0 Å². The molecule has 1 aliphatic heterocycles. The highest BCUT2D eigenvalue weighted by Gasteiger charge is 2.45. The van der Waals surface area contributed by atoms with E-state index in [0.29, 0.717) is 35.1 Å². The number of rotatable bonds is 14. The maximum atomic E-state index is 13.3. The molecule has 1 aliphatic carbocycles. The molecule has 0 spiro atoms. The lowest BCUT2D eigenvalue weighted by molar-refractivity contribution is -0.919. The first-order valence-corrected chi connectivity index (χ1v) is 20.1. The monoisotopic (exact) mass is 774 g/mol. The molecule has 2 aliphatic rings. The molecule has 0 N–H and O–H groups in total. The number of fused-ring (bicyclic) bond motifs is 3. The van der Waals surface area contributed by atoms with Crippen molar-refractivity contribution in [2.75, 3.05) is 19.8 Å². The van der Waals surface area contributed by atoms with Gasteiger partial charge in [0, 0.05) is 40.3 Å². The number of hydrogen-bond acceptors (Lipinski definition) is 8. The van der Waals surface area contributed by atoms with Gasteiger partial charge in [-0.1, -0.05) is 84.9 Å². The van der Waals surface area contributed by atoms with E-state index in [-0.39, 0.29) is 38.4 Å². The molecule has 6 aromatic rings. The fourth-order valence-electron chi connectivity index (χ4n) is 8.34. The van der Waals surface area contributed by atoms with Crippen LogP contribution in [0.3, 0.4) is 0 Å². The highest BCUT2D eigenvalue weighted by molar-refractivity contribution is 5.91. The Labute approximate surface area is 339 Å². The predicted octanol–water partition coefficient (Wildman–Crippen LogP) is 9.79. The van der Waals surface area contributed by atoms with Crippen LogP contribution in [-0.2, 0) is 45.3 Å². The Balaban J connectivity index is 1.18. The second-order valence-electron chi connectivity index (χ2n) is 14.9. The van der Waals surface area contributed by atoms with Crippen LogP contribution in [0.4, 0.5) is 0 Å². The van der Waals surface area contributed by atoms with E-state index in [9.17, 15) is 9.59 Å². The van der Waals surface area contributed by atoms with E-state index < -0.39 is 5.79 Å². The van der Waals surface area contributed by atoms with Gasteiger partial charge in [0.2, 0.25) is 0 Å². The minimum Gasteiger partial charge on any atom is -0.462 e. The van der Waals surface area contributed by atoms with Crippen LogP contribution in [0.5, 0.6) is 0 Å². The summed E-state index contributed by atoms with van der Waals surface area (Å²) in [4.78, 5) is 36.4. The second kappa shape index (κ2) is 17.2. The molecule has 9 heteroatoms. The molecule has 4 aromatic carbocycles. The van der Waals surface area contributed by atoms with Crippen LogP contribution in [0.25, 0.3) is 21.8 Å². The van der Waals surface area contributed by atoms with Gasteiger partial charge in [0.05, 0.1) is 66.5 Å². The fraction of sp³-hybridized carbons (Fsp3) is 0.265. The first-order chi connectivity index (χ1) is 28.4. The zero-order valence-electron chi connectivity index (χ0n) is 33.1. The number of allylic oxidation sites excluding steroid dienone is 1. The Morgan fingerprint density at radius 1 is 0.638 bits per heavy atom. The Kier molecular flexibility index (Phi) is 11.5. The van der Waals surface area contributed by atoms with Crippen LogP contribution in [0.2, 0.25) is 0 Å². The van der Waals surface area contributed by atoms with E-state index in [2.05, 4.69) is 36.4 Å². The number of hydrogen-bond donors (Lipinski definition) is 0. The molecule has 3 heterocycles. The number of aromatic nitrogens is 2. The number of pyridine rings is 2. The minimum atomic E-state index is -1.11. The van der Waals surface area contributed by atoms with Gasteiger partial charge in [-0.15, -0.1) is 0 Å². The van der Waals surface area contributed by atoms with Gasteiger partial charge >= 0.3 is 11.9 Å².